The average Bonchev–Trinajstić information content (AvgIpc) is 3.54. The van der Waals surface area contributed by atoms with Gasteiger partial charge in [-0.3, -0.25) is 19.0 Å². The van der Waals surface area contributed by atoms with E-state index in [-0.39, 0.29) is 23.8 Å². The van der Waals surface area contributed by atoms with Gasteiger partial charge in [-0.25, -0.2) is 0 Å². The van der Waals surface area contributed by atoms with Crippen LogP contribution in [0.5, 0.6) is 5.75 Å². The van der Waals surface area contributed by atoms with E-state index in [1.54, 1.807) is 21.8 Å². The second kappa shape index (κ2) is 12.7. The summed E-state index contributed by atoms with van der Waals surface area (Å²) in [5.41, 5.74) is 1.58. The van der Waals surface area contributed by atoms with Gasteiger partial charge >= 0.3 is 6.36 Å². The van der Waals surface area contributed by atoms with Crippen LogP contribution in [-0.4, -0.2) is 48.2 Å². The van der Waals surface area contributed by atoms with E-state index >= 15 is 0 Å². The predicted molar refractivity (Wildman–Crippen MR) is 132 cm³/mol. The third-order valence-corrected chi connectivity index (χ3v) is 5.39. The number of benzene rings is 2. The lowest BCUT2D eigenvalue weighted by Gasteiger charge is -2.09. The van der Waals surface area contributed by atoms with Crippen molar-refractivity contribution in [3.63, 3.8) is 0 Å². The Labute approximate surface area is 221 Å². The van der Waals surface area contributed by atoms with Crippen molar-refractivity contribution in [3.05, 3.63) is 83.8 Å². The lowest BCUT2D eigenvalue weighted by Crippen LogP contribution is -2.23. The summed E-state index contributed by atoms with van der Waals surface area (Å²) < 4.78 is 44.2. The number of aryl methyl sites for hydroxylation is 2. The number of hydrogen-bond acceptors (Lipinski definition) is 7. The van der Waals surface area contributed by atoms with Gasteiger partial charge in [-0.1, -0.05) is 52.9 Å². The lowest BCUT2D eigenvalue weighted by atomic mass is 10.1. The van der Waals surface area contributed by atoms with Crippen LogP contribution in [-0.2, 0) is 30.8 Å². The number of alkyl halides is 3. The smallest absolute Gasteiger partial charge is 0.406 e. The van der Waals surface area contributed by atoms with Crippen LogP contribution in [0.1, 0.15) is 34.5 Å². The molecule has 4 aromatic rings. The van der Waals surface area contributed by atoms with E-state index < -0.39 is 18.0 Å². The van der Waals surface area contributed by atoms with Gasteiger partial charge in [0.2, 0.25) is 5.91 Å². The molecule has 0 saturated heterocycles. The number of halogens is 3. The summed E-state index contributed by atoms with van der Waals surface area (Å²) in [5, 5.41) is 21.2. The molecule has 4 rings (SSSR count). The number of nitrogens with zero attached hydrogens (tertiary/aromatic N) is 6. The van der Waals surface area contributed by atoms with Crippen molar-refractivity contribution in [2.75, 3.05) is 5.32 Å². The van der Waals surface area contributed by atoms with Gasteiger partial charge in [-0.05, 0) is 36.1 Å². The number of carbonyl (C=O) groups is 2. The van der Waals surface area contributed by atoms with E-state index in [1.165, 1.54) is 12.1 Å². The highest BCUT2D eigenvalue weighted by Gasteiger charge is 2.31. The van der Waals surface area contributed by atoms with Crippen molar-refractivity contribution in [3.8, 4) is 5.75 Å². The molecule has 0 atom stereocenters. The second-order valence-corrected chi connectivity index (χ2v) is 8.53. The van der Waals surface area contributed by atoms with Crippen LogP contribution in [0.25, 0.3) is 0 Å². The van der Waals surface area contributed by atoms with Gasteiger partial charge in [-0.15, -0.1) is 23.4 Å². The second-order valence-electron chi connectivity index (χ2n) is 8.53. The van der Waals surface area contributed by atoms with Crippen LogP contribution in [0.15, 0.2) is 67.0 Å². The maximum absolute atomic E-state index is 12.4. The first-order valence-electron chi connectivity index (χ1n) is 12.0. The van der Waals surface area contributed by atoms with Gasteiger partial charge in [0.1, 0.15) is 5.75 Å². The molecule has 0 aliphatic rings. The van der Waals surface area contributed by atoms with Crippen molar-refractivity contribution in [2.24, 2.45) is 0 Å². The van der Waals surface area contributed by atoms with Crippen LogP contribution >= 0.6 is 0 Å². The summed E-state index contributed by atoms with van der Waals surface area (Å²) in [4.78, 5) is 24.5. The summed E-state index contributed by atoms with van der Waals surface area (Å²) in [7, 11) is 0. The molecule has 0 bridgehead atoms. The Morgan fingerprint density at radius 3 is 2.31 bits per heavy atom. The Balaban J connectivity index is 1.16. The van der Waals surface area contributed by atoms with Gasteiger partial charge < -0.3 is 15.4 Å². The molecule has 0 unspecified atom stereocenters. The zero-order chi connectivity index (χ0) is 27.7. The molecule has 11 nitrogen and oxygen atoms in total. The molecule has 0 saturated carbocycles. The van der Waals surface area contributed by atoms with E-state index in [0.29, 0.717) is 25.2 Å². The number of carbonyl (C=O) groups excluding carboxylic acids is 2. The molecular weight excluding hydrogens is 517 g/mol. The normalized spacial score (nSPS) is 11.3. The number of nitrogens with one attached hydrogen (secondary N) is 2. The number of unbranched alkanes of at least 4 members (excludes halogenated alkanes) is 1. The maximum atomic E-state index is 12.4. The van der Waals surface area contributed by atoms with Crippen LogP contribution in [0.4, 0.5) is 19.0 Å². The van der Waals surface area contributed by atoms with Crippen LogP contribution in [0.2, 0.25) is 0 Å². The summed E-state index contributed by atoms with van der Waals surface area (Å²) in [6.07, 6.45) is -0.368. The van der Waals surface area contributed by atoms with E-state index in [0.717, 1.165) is 30.5 Å². The summed E-state index contributed by atoms with van der Waals surface area (Å²) >= 11 is 0. The van der Waals surface area contributed by atoms with Gasteiger partial charge in [0.05, 0.1) is 18.8 Å². The zero-order valence-electron chi connectivity index (χ0n) is 20.6. The molecule has 2 aromatic carbocycles. The summed E-state index contributed by atoms with van der Waals surface area (Å²) in [6.45, 7) is 1.48. The highest BCUT2D eigenvalue weighted by atomic mass is 19.4. The molecule has 0 aliphatic carbocycles. The van der Waals surface area contributed by atoms with Crippen molar-refractivity contribution in [2.45, 2.75) is 45.3 Å². The van der Waals surface area contributed by atoms with E-state index in [1.807, 2.05) is 30.3 Å². The first-order chi connectivity index (χ1) is 18.7. The largest absolute Gasteiger partial charge is 0.573 e. The molecular formula is C25H25F3N8O3. The third-order valence-electron chi connectivity index (χ3n) is 5.39. The maximum Gasteiger partial charge on any atom is 0.573 e. The topological polar surface area (TPSA) is 129 Å². The predicted octanol–water partition coefficient (Wildman–Crippen LogP) is 3.36. The fourth-order valence-electron chi connectivity index (χ4n) is 3.62. The van der Waals surface area contributed by atoms with Crippen LogP contribution in [0.3, 0.4) is 0 Å². The molecule has 204 valence electrons. The Kier molecular flexibility index (Phi) is 8.86. The molecule has 14 heteroatoms. The number of anilines is 1. The summed E-state index contributed by atoms with van der Waals surface area (Å²) in [6, 6.07) is 14.8. The minimum absolute atomic E-state index is 0.161. The molecule has 0 aliphatic heterocycles. The van der Waals surface area contributed by atoms with Crippen molar-refractivity contribution in [1.82, 2.24) is 35.3 Å². The first-order valence-corrected chi connectivity index (χ1v) is 12.0. The lowest BCUT2D eigenvalue weighted by molar-refractivity contribution is -0.274. The molecule has 2 amide bonds. The van der Waals surface area contributed by atoms with Gasteiger partial charge in [0.15, 0.2) is 11.5 Å². The van der Waals surface area contributed by atoms with Crippen LogP contribution < -0.4 is 15.4 Å². The molecule has 39 heavy (non-hydrogen) atoms. The van der Waals surface area contributed by atoms with Gasteiger partial charge in [0.25, 0.3) is 5.91 Å². The van der Waals surface area contributed by atoms with Crippen LogP contribution in [0, 0.1) is 0 Å². The van der Waals surface area contributed by atoms with E-state index in [2.05, 4.69) is 36.0 Å². The monoisotopic (exact) mass is 542 g/mol. The first kappa shape index (κ1) is 27.3. The molecule has 0 spiro atoms. The SMILES string of the molecule is O=C(Cc1cccc(OC(F)(F)F)c1)Nc1cn(CCCCn2cc(C(=O)NCc3ccccc3)nn2)nn1. The highest BCUT2D eigenvalue weighted by Crippen LogP contribution is 2.23. The van der Waals surface area contributed by atoms with Crippen molar-refractivity contribution >= 4 is 17.6 Å². The Morgan fingerprint density at radius 2 is 1.56 bits per heavy atom. The minimum Gasteiger partial charge on any atom is -0.406 e. The third kappa shape index (κ3) is 8.94. The number of aromatic nitrogens is 6. The fraction of sp³-hybridized carbons (Fsp3) is 0.280. The Bertz CT molecular complexity index is 1390. The highest BCUT2D eigenvalue weighted by molar-refractivity contribution is 5.92. The number of rotatable bonds is 12. The van der Waals surface area contributed by atoms with Crippen molar-refractivity contribution < 1.29 is 27.5 Å². The molecule has 0 radical (unpaired) electrons. The number of ether oxygens (including phenoxy) is 1. The number of amides is 2. The van der Waals surface area contributed by atoms with Gasteiger partial charge in [0, 0.05) is 19.6 Å². The average molecular weight is 543 g/mol. The fourth-order valence-corrected chi connectivity index (χ4v) is 3.62. The van der Waals surface area contributed by atoms with E-state index in [9.17, 15) is 22.8 Å². The van der Waals surface area contributed by atoms with Gasteiger partial charge in [-0.2, -0.15) is 0 Å². The quantitative estimate of drug-likeness (QED) is 0.263. The molecule has 2 aromatic heterocycles. The number of hydrogen-bond donors (Lipinski definition) is 2. The zero-order valence-corrected chi connectivity index (χ0v) is 20.6. The Hall–Kier alpha value is -4.75. The molecule has 2 N–H and O–H groups in total. The van der Waals surface area contributed by atoms with Crippen molar-refractivity contribution in [1.29, 1.82) is 0 Å². The summed E-state index contributed by atoms with van der Waals surface area (Å²) in [5.74, 6) is -0.928. The standard InChI is InChI=1S/C25H25F3N8O3/c26-25(27,28)39-20-10-6-9-19(13-20)14-23(37)30-22-17-36(34-32-22)12-5-4-11-35-16-21(31-33-35)24(38)29-15-18-7-2-1-3-8-18/h1-3,6-10,13,16-17H,4-5,11-12,14-15H2,(H,29,38)(H,30,37). The van der Waals surface area contributed by atoms with E-state index in [4.69, 9.17) is 0 Å². The Morgan fingerprint density at radius 1 is 0.872 bits per heavy atom. The molecule has 2 heterocycles. The molecule has 0 fully saturated rings. The minimum atomic E-state index is -4.81.